The van der Waals surface area contributed by atoms with E-state index in [4.69, 9.17) is 4.74 Å². The zero-order valence-corrected chi connectivity index (χ0v) is 12.3. The van der Waals surface area contributed by atoms with Crippen LogP contribution < -0.4 is 0 Å². The van der Waals surface area contributed by atoms with Gasteiger partial charge in [0.25, 0.3) is 0 Å². The van der Waals surface area contributed by atoms with Crippen molar-refractivity contribution in [2.24, 2.45) is 5.92 Å². The minimum atomic E-state index is -0.365. The predicted molar refractivity (Wildman–Crippen MR) is 73.5 cm³/mol. The van der Waals surface area contributed by atoms with Gasteiger partial charge >= 0.3 is 5.97 Å². The number of hydrogen-bond acceptors (Lipinski definition) is 4. The minimum Gasteiger partial charge on any atom is -0.464 e. The van der Waals surface area contributed by atoms with Crippen LogP contribution in [0.5, 0.6) is 0 Å². The van der Waals surface area contributed by atoms with E-state index in [-0.39, 0.29) is 23.8 Å². The second kappa shape index (κ2) is 7.67. The van der Waals surface area contributed by atoms with E-state index in [2.05, 4.69) is 0 Å². The van der Waals surface area contributed by atoms with E-state index >= 15 is 0 Å². The maximum atomic E-state index is 12.3. The molecule has 2 unspecified atom stereocenters. The third kappa shape index (κ3) is 3.90. The summed E-state index contributed by atoms with van der Waals surface area (Å²) in [5, 5.41) is 0. The summed E-state index contributed by atoms with van der Waals surface area (Å²) in [6.45, 7) is 4.78. The Bertz CT molecular complexity index is 296. The topological polar surface area (TPSA) is 46.6 Å². The standard InChI is InChI=1S/C13H23NO3S/c1-4-17-13(16)11-7-5-6-8-14(11)12(15)10(2)9-18-3/h10-11H,4-9H2,1-3H3. The molecular weight excluding hydrogens is 250 g/mol. The van der Waals surface area contributed by atoms with E-state index in [1.54, 1.807) is 23.6 Å². The predicted octanol–water partition coefficient (Wildman–Crippen LogP) is 1.93. The Balaban J connectivity index is 2.69. The number of likely N-dealkylation sites (tertiary alicyclic amines) is 1. The first-order valence-electron chi connectivity index (χ1n) is 6.57. The average Bonchev–Trinajstić information content (AvgIpc) is 2.38. The van der Waals surface area contributed by atoms with E-state index in [1.165, 1.54) is 0 Å². The molecule has 1 rings (SSSR count). The van der Waals surface area contributed by atoms with E-state index < -0.39 is 0 Å². The molecule has 0 aromatic carbocycles. The molecule has 1 saturated heterocycles. The number of carbonyl (C=O) groups excluding carboxylic acids is 2. The van der Waals surface area contributed by atoms with Crippen molar-refractivity contribution in [3.8, 4) is 0 Å². The highest BCUT2D eigenvalue weighted by molar-refractivity contribution is 7.98. The third-order valence-electron chi connectivity index (χ3n) is 3.18. The SMILES string of the molecule is CCOC(=O)C1CCCCN1C(=O)C(C)CSC. The van der Waals surface area contributed by atoms with Gasteiger partial charge in [-0.1, -0.05) is 6.92 Å². The smallest absolute Gasteiger partial charge is 0.328 e. The lowest BCUT2D eigenvalue weighted by molar-refractivity contribution is -0.157. The molecule has 1 fully saturated rings. The molecule has 4 nitrogen and oxygen atoms in total. The first kappa shape index (κ1) is 15.3. The maximum absolute atomic E-state index is 12.3. The Hall–Kier alpha value is -0.710. The van der Waals surface area contributed by atoms with Crippen molar-refractivity contribution in [3.05, 3.63) is 0 Å². The Kier molecular flexibility index (Phi) is 6.54. The molecule has 2 atom stereocenters. The van der Waals surface area contributed by atoms with Crippen molar-refractivity contribution in [3.63, 3.8) is 0 Å². The molecule has 0 bridgehead atoms. The molecule has 1 aliphatic rings. The van der Waals surface area contributed by atoms with Gasteiger partial charge in [0.15, 0.2) is 0 Å². The van der Waals surface area contributed by atoms with Crippen LogP contribution in [-0.2, 0) is 14.3 Å². The highest BCUT2D eigenvalue weighted by atomic mass is 32.2. The number of amides is 1. The summed E-state index contributed by atoms with van der Waals surface area (Å²) in [6.07, 6.45) is 4.69. The second-order valence-electron chi connectivity index (χ2n) is 4.65. The summed E-state index contributed by atoms with van der Waals surface area (Å²) in [6, 6.07) is -0.365. The summed E-state index contributed by atoms with van der Waals surface area (Å²) in [5.74, 6) is 0.601. The van der Waals surface area contributed by atoms with Crippen LogP contribution in [0.1, 0.15) is 33.1 Å². The van der Waals surface area contributed by atoms with Crippen LogP contribution in [0.25, 0.3) is 0 Å². The van der Waals surface area contributed by atoms with Gasteiger partial charge < -0.3 is 9.64 Å². The molecular formula is C13H23NO3S. The number of nitrogens with zero attached hydrogens (tertiary/aromatic N) is 1. The van der Waals surface area contributed by atoms with Crippen LogP contribution in [0.2, 0.25) is 0 Å². The summed E-state index contributed by atoms with van der Waals surface area (Å²) >= 11 is 1.66. The van der Waals surface area contributed by atoms with Crippen molar-refractivity contribution in [2.75, 3.05) is 25.2 Å². The van der Waals surface area contributed by atoms with E-state index in [1.807, 2.05) is 13.2 Å². The van der Waals surface area contributed by atoms with Gasteiger partial charge in [0.1, 0.15) is 6.04 Å². The summed E-state index contributed by atoms with van der Waals surface area (Å²) < 4.78 is 5.06. The summed E-state index contributed by atoms with van der Waals surface area (Å²) in [4.78, 5) is 25.9. The van der Waals surface area contributed by atoms with Crippen molar-refractivity contribution < 1.29 is 14.3 Å². The van der Waals surface area contributed by atoms with Crippen LogP contribution in [0, 0.1) is 5.92 Å². The van der Waals surface area contributed by atoms with Gasteiger partial charge in [0.2, 0.25) is 5.91 Å². The van der Waals surface area contributed by atoms with Crippen molar-refractivity contribution in [1.29, 1.82) is 0 Å². The number of carbonyl (C=O) groups is 2. The molecule has 0 N–H and O–H groups in total. The lowest BCUT2D eigenvalue weighted by Gasteiger charge is -2.35. The van der Waals surface area contributed by atoms with Gasteiger partial charge in [-0.2, -0.15) is 11.8 Å². The second-order valence-corrected chi connectivity index (χ2v) is 5.56. The van der Waals surface area contributed by atoms with Crippen LogP contribution in [-0.4, -0.2) is 48.0 Å². The quantitative estimate of drug-likeness (QED) is 0.718. The largest absolute Gasteiger partial charge is 0.464 e. The van der Waals surface area contributed by atoms with E-state index in [9.17, 15) is 9.59 Å². The first-order chi connectivity index (χ1) is 8.61. The molecule has 0 aromatic rings. The molecule has 5 heteroatoms. The van der Waals surface area contributed by atoms with Gasteiger partial charge in [-0.05, 0) is 32.4 Å². The number of ether oxygens (including phenoxy) is 1. The van der Waals surface area contributed by atoms with Crippen LogP contribution >= 0.6 is 11.8 Å². The maximum Gasteiger partial charge on any atom is 0.328 e. The summed E-state index contributed by atoms with van der Waals surface area (Å²) in [5.41, 5.74) is 0. The number of piperidine rings is 1. The Morgan fingerprint density at radius 1 is 1.44 bits per heavy atom. The number of hydrogen-bond donors (Lipinski definition) is 0. The fourth-order valence-corrected chi connectivity index (χ4v) is 2.93. The van der Waals surface area contributed by atoms with Crippen LogP contribution in [0.3, 0.4) is 0 Å². The molecule has 18 heavy (non-hydrogen) atoms. The van der Waals surface area contributed by atoms with Gasteiger partial charge in [-0.25, -0.2) is 4.79 Å². The Morgan fingerprint density at radius 3 is 2.78 bits per heavy atom. The fourth-order valence-electron chi connectivity index (χ4n) is 2.28. The molecule has 1 heterocycles. The number of esters is 1. The highest BCUT2D eigenvalue weighted by Crippen LogP contribution is 2.21. The molecule has 104 valence electrons. The molecule has 1 aliphatic heterocycles. The molecule has 0 aromatic heterocycles. The lowest BCUT2D eigenvalue weighted by atomic mass is 10.00. The Morgan fingerprint density at radius 2 is 2.17 bits per heavy atom. The molecule has 0 spiro atoms. The average molecular weight is 273 g/mol. The highest BCUT2D eigenvalue weighted by Gasteiger charge is 2.34. The van der Waals surface area contributed by atoms with E-state index in [0.717, 1.165) is 25.0 Å². The monoisotopic (exact) mass is 273 g/mol. The van der Waals surface area contributed by atoms with E-state index in [0.29, 0.717) is 13.2 Å². The molecule has 0 aliphatic carbocycles. The van der Waals surface area contributed by atoms with Crippen molar-refractivity contribution >= 4 is 23.6 Å². The Labute approximate surface area is 113 Å². The summed E-state index contributed by atoms with van der Waals surface area (Å²) in [7, 11) is 0. The molecule has 1 amide bonds. The number of rotatable bonds is 5. The van der Waals surface area contributed by atoms with Crippen molar-refractivity contribution in [2.45, 2.75) is 39.2 Å². The first-order valence-corrected chi connectivity index (χ1v) is 7.97. The fraction of sp³-hybridized carbons (Fsp3) is 0.846. The molecule has 0 radical (unpaired) electrons. The molecule has 0 saturated carbocycles. The van der Waals surface area contributed by atoms with Gasteiger partial charge in [0, 0.05) is 18.2 Å². The normalized spacial score (nSPS) is 21.5. The van der Waals surface area contributed by atoms with Gasteiger partial charge in [0.05, 0.1) is 6.61 Å². The lowest BCUT2D eigenvalue weighted by Crippen LogP contribution is -2.50. The minimum absolute atomic E-state index is 0.0324. The zero-order valence-electron chi connectivity index (χ0n) is 11.5. The van der Waals surface area contributed by atoms with Crippen LogP contribution in [0.15, 0.2) is 0 Å². The van der Waals surface area contributed by atoms with Crippen LogP contribution in [0.4, 0.5) is 0 Å². The van der Waals surface area contributed by atoms with Crippen molar-refractivity contribution in [1.82, 2.24) is 4.90 Å². The van der Waals surface area contributed by atoms with Gasteiger partial charge in [-0.3, -0.25) is 4.79 Å². The zero-order chi connectivity index (χ0) is 13.5. The third-order valence-corrected chi connectivity index (χ3v) is 4.02. The number of thioether (sulfide) groups is 1. The van der Waals surface area contributed by atoms with Gasteiger partial charge in [-0.15, -0.1) is 0 Å².